The van der Waals surface area contributed by atoms with Gasteiger partial charge in [-0.2, -0.15) is 0 Å². The van der Waals surface area contributed by atoms with Crippen molar-refractivity contribution in [3.05, 3.63) is 29.3 Å². The van der Waals surface area contributed by atoms with Crippen molar-refractivity contribution in [3.8, 4) is 0 Å². The van der Waals surface area contributed by atoms with E-state index in [0.717, 1.165) is 49.7 Å². The minimum atomic E-state index is -0.965. The molecule has 0 radical (unpaired) electrons. The third-order valence-electron chi connectivity index (χ3n) is 6.44. The molecular formula is C25H32N4O6. The first-order valence-electron chi connectivity index (χ1n) is 12.1. The summed E-state index contributed by atoms with van der Waals surface area (Å²) in [4.78, 5) is 67.0. The number of hydrogen-bond donors (Lipinski definition) is 1. The number of carbonyl (C=O) groups excluding carboxylic acids is 5. The predicted molar refractivity (Wildman–Crippen MR) is 127 cm³/mol. The van der Waals surface area contributed by atoms with E-state index in [4.69, 9.17) is 4.74 Å². The standard InChI is InChI=1S/C25H32N4O6/c1-25(2,3)35-21(31)5-4-10-27-11-13-28(14-12-27)16-6-7-17-18(15-16)24(34)29(23(17)33)19-8-9-20(30)26-22(19)32/h6-7,15,19H,4-5,8-14H2,1-3H3,(H,26,30,32). The quantitative estimate of drug-likeness (QED) is 0.475. The summed E-state index contributed by atoms with van der Waals surface area (Å²) in [5.41, 5.74) is 0.952. The van der Waals surface area contributed by atoms with Crippen LogP contribution in [0.5, 0.6) is 0 Å². The number of benzene rings is 1. The highest BCUT2D eigenvalue weighted by Crippen LogP contribution is 2.31. The summed E-state index contributed by atoms with van der Waals surface area (Å²) in [7, 11) is 0. The van der Waals surface area contributed by atoms with Crippen LogP contribution in [0.15, 0.2) is 18.2 Å². The Balaban J connectivity index is 1.33. The van der Waals surface area contributed by atoms with E-state index in [1.165, 1.54) is 0 Å². The Morgan fingerprint density at radius 3 is 2.37 bits per heavy atom. The Hall–Kier alpha value is -3.27. The van der Waals surface area contributed by atoms with Crippen molar-refractivity contribution in [2.45, 2.75) is 58.1 Å². The van der Waals surface area contributed by atoms with Gasteiger partial charge in [-0.15, -0.1) is 0 Å². The molecule has 0 aromatic heterocycles. The second kappa shape index (κ2) is 9.77. The molecule has 1 unspecified atom stereocenters. The van der Waals surface area contributed by atoms with Crippen LogP contribution in [0.25, 0.3) is 0 Å². The van der Waals surface area contributed by atoms with Crippen LogP contribution in [-0.2, 0) is 19.1 Å². The first kappa shape index (κ1) is 24.8. The van der Waals surface area contributed by atoms with Crippen molar-refractivity contribution < 1.29 is 28.7 Å². The van der Waals surface area contributed by atoms with Gasteiger partial charge in [0.25, 0.3) is 11.8 Å². The number of amides is 4. The number of fused-ring (bicyclic) bond motifs is 1. The fraction of sp³-hybridized carbons (Fsp3) is 0.560. The van der Waals surface area contributed by atoms with Gasteiger partial charge in [0, 0.05) is 44.7 Å². The molecule has 0 bridgehead atoms. The number of nitrogens with zero attached hydrogens (tertiary/aromatic N) is 3. The number of piperazine rings is 1. The second-order valence-corrected chi connectivity index (χ2v) is 10.2. The van der Waals surface area contributed by atoms with Gasteiger partial charge < -0.3 is 9.64 Å². The van der Waals surface area contributed by atoms with Crippen LogP contribution >= 0.6 is 0 Å². The van der Waals surface area contributed by atoms with Crippen LogP contribution in [0.1, 0.15) is 67.2 Å². The lowest BCUT2D eigenvalue weighted by molar-refractivity contribution is -0.155. The zero-order chi connectivity index (χ0) is 25.3. The van der Waals surface area contributed by atoms with E-state index >= 15 is 0 Å². The Bertz CT molecular complexity index is 1050. The van der Waals surface area contributed by atoms with E-state index in [2.05, 4.69) is 15.1 Å². The molecule has 0 saturated carbocycles. The highest BCUT2D eigenvalue weighted by atomic mass is 16.6. The van der Waals surface area contributed by atoms with Gasteiger partial charge >= 0.3 is 5.97 Å². The first-order chi connectivity index (χ1) is 16.5. The van der Waals surface area contributed by atoms with E-state index in [1.807, 2.05) is 26.8 Å². The van der Waals surface area contributed by atoms with E-state index in [-0.39, 0.29) is 29.9 Å². The molecule has 10 heteroatoms. The molecule has 3 aliphatic heterocycles. The molecule has 4 rings (SSSR count). The average Bonchev–Trinajstić information content (AvgIpc) is 3.03. The zero-order valence-corrected chi connectivity index (χ0v) is 20.5. The number of piperidine rings is 1. The summed E-state index contributed by atoms with van der Waals surface area (Å²) in [5, 5.41) is 2.21. The van der Waals surface area contributed by atoms with Crippen LogP contribution in [0.3, 0.4) is 0 Å². The molecule has 2 fully saturated rings. The summed E-state index contributed by atoms with van der Waals surface area (Å²) >= 11 is 0. The summed E-state index contributed by atoms with van der Waals surface area (Å²) in [6.07, 6.45) is 1.36. The van der Waals surface area contributed by atoms with E-state index in [9.17, 15) is 24.0 Å². The highest BCUT2D eigenvalue weighted by molar-refractivity contribution is 6.23. The van der Waals surface area contributed by atoms with Gasteiger partial charge in [-0.1, -0.05) is 0 Å². The molecule has 3 heterocycles. The first-order valence-corrected chi connectivity index (χ1v) is 12.1. The molecule has 0 aliphatic carbocycles. The van der Waals surface area contributed by atoms with Crippen LogP contribution in [0.4, 0.5) is 5.69 Å². The van der Waals surface area contributed by atoms with Crippen molar-refractivity contribution in [2.75, 3.05) is 37.6 Å². The van der Waals surface area contributed by atoms with Crippen LogP contribution < -0.4 is 10.2 Å². The molecule has 1 N–H and O–H groups in total. The predicted octanol–water partition coefficient (Wildman–Crippen LogP) is 1.33. The Morgan fingerprint density at radius 1 is 1.03 bits per heavy atom. The van der Waals surface area contributed by atoms with Gasteiger partial charge in [-0.3, -0.25) is 39.1 Å². The highest BCUT2D eigenvalue weighted by Gasteiger charge is 2.44. The Morgan fingerprint density at radius 2 is 1.71 bits per heavy atom. The normalized spacial score (nSPS) is 21.3. The summed E-state index contributed by atoms with van der Waals surface area (Å²) in [5.74, 6) is -2.18. The number of carbonyl (C=O) groups is 5. The Kier molecular flexibility index (Phi) is 6.93. The minimum absolute atomic E-state index is 0.0944. The van der Waals surface area contributed by atoms with Gasteiger partial charge in [0.05, 0.1) is 11.1 Å². The molecule has 0 spiro atoms. The van der Waals surface area contributed by atoms with Crippen molar-refractivity contribution in [1.29, 1.82) is 0 Å². The summed E-state index contributed by atoms with van der Waals surface area (Å²) < 4.78 is 5.35. The monoisotopic (exact) mass is 484 g/mol. The number of anilines is 1. The molecule has 1 aromatic carbocycles. The molecule has 35 heavy (non-hydrogen) atoms. The van der Waals surface area contributed by atoms with Gasteiger partial charge in [0.1, 0.15) is 11.6 Å². The molecule has 10 nitrogen and oxygen atoms in total. The third-order valence-corrected chi connectivity index (χ3v) is 6.44. The maximum absolute atomic E-state index is 13.1. The zero-order valence-electron chi connectivity index (χ0n) is 20.5. The number of esters is 1. The second-order valence-electron chi connectivity index (χ2n) is 10.2. The minimum Gasteiger partial charge on any atom is -0.460 e. The van der Waals surface area contributed by atoms with Gasteiger partial charge in [-0.25, -0.2) is 0 Å². The molecule has 3 aliphatic rings. The fourth-order valence-electron chi connectivity index (χ4n) is 4.72. The molecular weight excluding hydrogens is 452 g/mol. The van der Waals surface area contributed by atoms with Gasteiger partial charge in [0.15, 0.2) is 0 Å². The van der Waals surface area contributed by atoms with E-state index in [1.54, 1.807) is 12.1 Å². The molecule has 1 atom stereocenters. The largest absolute Gasteiger partial charge is 0.460 e. The van der Waals surface area contributed by atoms with Crippen molar-refractivity contribution in [1.82, 2.24) is 15.1 Å². The lowest BCUT2D eigenvalue weighted by Crippen LogP contribution is -2.54. The average molecular weight is 485 g/mol. The van der Waals surface area contributed by atoms with Crippen LogP contribution in [0.2, 0.25) is 0 Å². The number of ether oxygens (including phenoxy) is 1. The third kappa shape index (κ3) is 5.53. The lowest BCUT2D eigenvalue weighted by Gasteiger charge is -2.36. The summed E-state index contributed by atoms with van der Waals surface area (Å²) in [6.45, 7) is 9.54. The Labute approximate surface area is 204 Å². The van der Waals surface area contributed by atoms with E-state index in [0.29, 0.717) is 6.42 Å². The number of nitrogens with one attached hydrogen (secondary N) is 1. The summed E-state index contributed by atoms with van der Waals surface area (Å²) in [6, 6.07) is 4.23. The van der Waals surface area contributed by atoms with Crippen molar-refractivity contribution in [3.63, 3.8) is 0 Å². The molecule has 2 saturated heterocycles. The van der Waals surface area contributed by atoms with E-state index < -0.39 is 35.3 Å². The van der Waals surface area contributed by atoms with Crippen LogP contribution in [0, 0.1) is 0 Å². The SMILES string of the molecule is CC(C)(C)OC(=O)CCCN1CCN(c2ccc3c(c2)C(=O)N(C2CCC(=O)NC2=O)C3=O)CC1. The molecule has 1 aromatic rings. The van der Waals surface area contributed by atoms with Gasteiger partial charge in [0.2, 0.25) is 11.8 Å². The smallest absolute Gasteiger partial charge is 0.306 e. The van der Waals surface area contributed by atoms with Crippen LogP contribution in [-0.4, -0.2) is 83.8 Å². The maximum Gasteiger partial charge on any atom is 0.306 e. The van der Waals surface area contributed by atoms with Crippen molar-refractivity contribution >= 4 is 35.3 Å². The number of imide groups is 2. The number of rotatable bonds is 6. The topological polar surface area (TPSA) is 116 Å². The molecule has 4 amide bonds. The van der Waals surface area contributed by atoms with Gasteiger partial charge in [-0.05, 0) is 58.4 Å². The maximum atomic E-state index is 13.1. The number of hydrogen-bond acceptors (Lipinski definition) is 8. The van der Waals surface area contributed by atoms with Crippen molar-refractivity contribution in [2.24, 2.45) is 0 Å². The lowest BCUT2D eigenvalue weighted by atomic mass is 10.0. The fourth-order valence-corrected chi connectivity index (χ4v) is 4.72. The molecule has 188 valence electrons.